The molecule has 29 heavy (non-hydrogen) atoms. The number of unbranched alkanes of at least 4 members (excludes halogenated alkanes) is 5. The van der Waals surface area contributed by atoms with Crippen LogP contribution in [0.1, 0.15) is 78.8 Å². The maximum Gasteiger partial charge on any atom is 0.412 e. The van der Waals surface area contributed by atoms with Gasteiger partial charge in [0.2, 0.25) is 6.17 Å². The van der Waals surface area contributed by atoms with Crippen LogP contribution in [0, 0.1) is 0 Å². The number of carbonyl (C=O) groups excluding carboxylic acids is 1. The molecule has 2 aromatic rings. The molecule has 2 rings (SSSR count). The van der Waals surface area contributed by atoms with Crippen molar-refractivity contribution in [3.8, 4) is 11.3 Å². The number of hydrogen-bond acceptors (Lipinski definition) is 3. The predicted molar refractivity (Wildman–Crippen MR) is 116 cm³/mol. The predicted octanol–water partition coefficient (Wildman–Crippen LogP) is 5.81. The molecule has 0 aromatic carbocycles. The van der Waals surface area contributed by atoms with Crippen LogP contribution in [0.2, 0.25) is 0 Å². The van der Waals surface area contributed by atoms with Gasteiger partial charge in [-0.1, -0.05) is 45.1 Å². The van der Waals surface area contributed by atoms with Crippen molar-refractivity contribution in [1.82, 2.24) is 10.3 Å². The Morgan fingerprint density at radius 3 is 2.38 bits per heavy atom. The van der Waals surface area contributed by atoms with Crippen molar-refractivity contribution in [2.45, 2.75) is 84.4 Å². The Bertz CT molecular complexity index is 724. The summed E-state index contributed by atoms with van der Waals surface area (Å²) in [5, 5.41) is 3.04. The minimum absolute atomic E-state index is 0.131. The second-order valence-electron chi connectivity index (χ2n) is 8.47. The standard InChI is InChI=1S/C24H35N3O2/c1-5-6-7-8-9-10-14-22(26-23(28)29-24(2,3)4)27-18-15-20(16-19-27)21-13-11-12-17-25-21/h11-13,15-19,22H,5-10,14H2,1-4H3/p+1. The second kappa shape index (κ2) is 11.5. The minimum Gasteiger partial charge on any atom is -0.444 e. The highest BCUT2D eigenvalue weighted by Crippen LogP contribution is 2.16. The molecule has 0 saturated carbocycles. The number of nitrogens with zero attached hydrogens (tertiary/aromatic N) is 2. The summed E-state index contributed by atoms with van der Waals surface area (Å²) in [5.41, 5.74) is 1.48. The lowest BCUT2D eigenvalue weighted by Gasteiger charge is -2.21. The average molecular weight is 399 g/mol. The van der Waals surface area contributed by atoms with Gasteiger partial charge in [0, 0.05) is 30.3 Å². The molecule has 0 saturated heterocycles. The molecule has 0 radical (unpaired) electrons. The molecule has 0 aliphatic carbocycles. The molecule has 5 nitrogen and oxygen atoms in total. The van der Waals surface area contributed by atoms with E-state index in [4.69, 9.17) is 4.74 Å². The molecule has 0 bridgehead atoms. The minimum atomic E-state index is -0.512. The van der Waals surface area contributed by atoms with Gasteiger partial charge in [0.1, 0.15) is 5.60 Å². The average Bonchev–Trinajstić information content (AvgIpc) is 2.69. The lowest BCUT2D eigenvalue weighted by Crippen LogP contribution is -2.50. The Balaban J connectivity index is 2.03. The van der Waals surface area contributed by atoms with Crippen molar-refractivity contribution in [2.75, 3.05) is 0 Å². The summed E-state index contributed by atoms with van der Waals surface area (Å²) < 4.78 is 7.51. The summed E-state index contributed by atoms with van der Waals surface area (Å²) in [5.74, 6) is 0. The van der Waals surface area contributed by atoms with E-state index in [9.17, 15) is 4.79 Å². The van der Waals surface area contributed by atoms with Crippen LogP contribution in [-0.2, 0) is 4.74 Å². The lowest BCUT2D eigenvalue weighted by molar-refractivity contribution is -0.727. The highest BCUT2D eigenvalue weighted by molar-refractivity contribution is 5.67. The van der Waals surface area contributed by atoms with Crippen molar-refractivity contribution in [1.29, 1.82) is 0 Å². The first-order chi connectivity index (χ1) is 13.9. The fraction of sp³-hybridized carbons (Fsp3) is 0.542. The Morgan fingerprint density at radius 2 is 1.76 bits per heavy atom. The molecule has 158 valence electrons. The Kier molecular flexibility index (Phi) is 9.10. The molecule has 0 aliphatic rings. The first kappa shape index (κ1) is 22.9. The highest BCUT2D eigenvalue weighted by Gasteiger charge is 2.24. The van der Waals surface area contributed by atoms with Gasteiger partial charge in [-0.3, -0.25) is 10.3 Å². The van der Waals surface area contributed by atoms with E-state index in [1.807, 2.05) is 68.1 Å². The number of alkyl carbamates (subject to hydrolysis) is 1. The fourth-order valence-electron chi connectivity index (χ4n) is 3.21. The van der Waals surface area contributed by atoms with Crippen LogP contribution in [-0.4, -0.2) is 16.7 Å². The number of nitrogens with one attached hydrogen (secondary N) is 1. The Labute approximate surface area is 175 Å². The van der Waals surface area contributed by atoms with E-state index >= 15 is 0 Å². The Hall–Kier alpha value is -2.43. The second-order valence-corrected chi connectivity index (χ2v) is 8.47. The summed E-state index contributed by atoms with van der Waals surface area (Å²) in [7, 11) is 0. The molecule has 0 aliphatic heterocycles. The van der Waals surface area contributed by atoms with E-state index in [1.165, 1.54) is 32.1 Å². The van der Waals surface area contributed by atoms with Crippen molar-refractivity contribution in [3.63, 3.8) is 0 Å². The summed E-state index contributed by atoms with van der Waals surface area (Å²) >= 11 is 0. The van der Waals surface area contributed by atoms with Crippen LogP contribution in [0.15, 0.2) is 48.9 Å². The number of rotatable bonds is 10. The third-order valence-corrected chi connectivity index (χ3v) is 4.69. The SMILES string of the molecule is CCCCCCCCC(NC(=O)OC(C)(C)C)[n+]1ccc(-c2ccccn2)cc1. The first-order valence-electron chi connectivity index (χ1n) is 10.8. The van der Waals surface area contributed by atoms with Gasteiger partial charge < -0.3 is 4.74 Å². The van der Waals surface area contributed by atoms with Crippen LogP contribution in [0.5, 0.6) is 0 Å². The van der Waals surface area contributed by atoms with E-state index in [0.29, 0.717) is 0 Å². The molecule has 0 fully saturated rings. The van der Waals surface area contributed by atoms with Crippen LogP contribution >= 0.6 is 0 Å². The van der Waals surface area contributed by atoms with Gasteiger partial charge in [-0.15, -0.1) is 0 Å². The van der Waals surface area contributed by atoms with Crippen molar-refractivity contribution in [2.24, 2.45) is 0 Å². The normalized spacial score (nSPS) is 12.4. The van der Waals surface area contributed by atoms with Gasteiger partial charge >= 0.3 is 6.09 Å². The van der Waals surface area contributed by atoms with E-state index in [0.717, 1.165) is 24.1 Å². The van der Waals surface area contributed by atoms with Crippen molar-refractivity contribution >= 4 is 6.09 Å². The van der Waals surface area contributed by atoms with Gasteiger partial charge in [0.15, 0.2) is 12.4 Å². The first-order valence-corrected chi connectivity index (χ1v) is 10.8. The third-order valence-electron chi connectivity index (χ3n) is 4.69. The molecular formula is C24H36N3O2+. The number of carbonyl (C=O) groups is 1. The van der Waals surface area contributed by atoms with Crippen molar-refractivity contribution in [3.05, 3.63) is 48.9 Å². The number of amides is 1. The Morgan fingerprint density at radius 1 is 1.07 bits per heavy atom. The van der Waals surface area contributed by atoms with Crippen LogP contribution in [0.4, 0.5) is 4.79 Å². The van der Waals surface area contributed by atoms with Crippen LogP contribution in [0.25, 0.3) is 11.3 Å². The molecule has 0 spiro atoms. The zero-order valence-corrected chi connectivity index (χ0v) is 18.4. The molecular weight excluding hydrogens is 362 g/mol. The fourth-order valence-corrected chi connectivity index (χ4v) is 3.21. The number of hydrogen-bond donors (Lipinski definition) is 1. The van der Waals surface area contributed by atoms with Gasteiger partial charge in [-0.05, 0) is 39.3 Å². The summed E-state index contributed by atoms with van der Waals surface area (Å²) in [6.07, 6.45) is 13.5. The number of pyridine rings is 2. The van der Waals surface area contributed by atoms with Gasteiger partial charge in [-0.2, -0.15) is 4.57 Å². The molecule has 1 unspecified atom stereocenters. The van der Waals surface area contributed by atoms with Crippen molar-refractivity contribution < 1.29 is 14.1 Å². The smallest absolute Gasteiger partial charge is 0.412 e. The maximum absolute atomic E-state index is 12.3. The molecule has 2 heterocycles. The van der Waals surface area contributed by atoms with Crippen LogP contribution < -0.4 is 9.88 Å². The highest BCUT2D eigenvalue weighted by atomic mass is 16.6. The molecule has 5 heteroatoms. The zero-order chi connectivity index (χ0) is 21.1. The number of aromatic nitrogens is 2. The quantitative estimate of drug-likeness (QED) is 0.406. The van der Waals surface area contributed by atoms with Crippen LogP contribution in [0.3, 0.4) is 0 Å². The van der Waals surface area contributed by atoms with E-state index < -0.39 is 5.60 Å². The van der Waals surface area contributed by atoms with E-state index in [-0.39, 0.29) is 12.3 Å². The largest absolute Gasteiger partial charge is 0.444 e. The molecule has 1 atom stereocenters. The van der Waals surface area contributed by atoms with E-state index in [2.05, 4.69) is 17.2 Å². The summed E-state index contributed by atoms with van der Waals surface area (Å²) in [6, 6.07) is 9.95. The number of ether oxygens (including phenoxy) is 1. The molecule has 2 aromatic heterocycles. The topological polar surface area (TPSA) is 55.1 Å². The lowest BCUT2D eigenvalue weighted by atomic mass is 10.1. The van der Waals surface area contributed by atoms with Gasteiger partial charge in [-0.25, -0.2) is 4.79 Å². The zero-order valence-electron chi connectivity index (χ0n) is 18.4. The third kappa shape index (κ3) is 8.63. The summed E-state index contributed by atoms with van der Waals surface area (Å²) in [6.45, 7) is 7.87. The summed E-state index contributed by atoms with van der Waals surface area (Å²) in [4.78, 5) is 16.7. The molecule has 1 amide bonds. The van der Waals surface area contributed by atoms with Gasteiger partial charge in [0.25, 0.3) is 0 Å². The maximum atomic E-state index is 12.3. The van der Waals surface area contributed by atoms with Gasteiger partial charge in [0.05, 0.1) is 5.69 Å². The molecule has 1 N–H and O–H groups in total. The monoisotopic (exact) mass is 398 g/mol. The van der Waals surface area contributed by atoms with E-state index in [1.54, 1.807) is 6.20 Å².